The van der Waals surface area contributed by atoms with Crippen LogP contribution in [0.3, 0.4) is 0 Å². The van der Waals surface area contributed by atoms with Crippen molar-refractivity contribution in [3.05, 3.63) is 0 Å². The van der Waals surface area contributed by atoms with Crippen molar-refractivity contribution in [3.63, 3.8) is 0 Å². The van der Waals surface area contributed by atoms with Crippen LogP contribution in [0.15, 0.2) is 0 Å². The first kappa shape index (κ1) is 16.5. The quantitative estimate of drug-likeness (QED) is 0.761. The second kappa shape index (κ2) is 5.07. The van der Waals surface area contributed by atoms with Gasteiger partial charge in [0, 0.05) is 20.1 Å². The van der Waals surface area contributed by atoms with E-state index < -0.39 is 28.7 Å². The van der Waals surface area contributed by atoms with Crippen LogP contribution in [0.4, 0.5) is 0 Å². The van der Waals surface area contributed by atoms with Crippen LogP contribution in [0, 0.1) is 11.3 Å². The van der Waals surface area contributed by atoms with E-state index in [1.54, 1.807) is 46.6 Å². The van der Waals surface area contributed by atoms with Crippen LogP contribution >= 0.6 is 0 Å². The molecule has 1 fully saturated rings. The first-order valence-electron chi connectivity index (χ1n) is 6.70. The lowest BCUT2D eigenvalue weighted by molar-refractivity contribution is -0.167. The van der Waals surface area contributed by atoms with Gasteiger partial charge in [0.15, 0.2) is 0 Å². The lowest BCUT2D eigenvalue weighted by atomic mass is 9.79. The summed E-state index contributed by atoms with van der Waals surface area (Å²) in [5.74, 6) is -2.96. The second-order valence-electron chi connectivity index (χ2n) is 6.91. The van der Waals surface area contributed by atoms with Gasteiger partial charge in [-0.15, -0.1) is 0 Å². The third-order valence-electron chi connectivity index (χ3n) is 3.83. The average molecular weight is 284 g/mol. The van der Waals surface area contributed by atoms with Crippen molar-refractivity contribution >= 4 is 17.8 Å². The summed E-state index contributed by atoms with van der Waals surface area (Å²) in [5.41, 5.74) is -1.71. The number of nitrogens with zero attached hydrogens (tertiary/aromatic N) is 2. The average Bonchev–Trinajstić information content (AvgIpc) is 2.23. The summed E-state index contributed by atoms with van der Waals surface area (Å²) in [6, 6.07) is 0. The minimum absolute atomic E-state index is 0.171. The van der Waals surface area contributed by atoms with Gasteiger partial charge in [-0.3, -0.25) is 14.4 Å². The van der Waals surface area contributed by atoms with Crippen LogP contribution < -0.4 is 0 Å². The van der Waals surface area contributed by atoms with Gasteiger partial charge in [-0.2, -0.15) is 0 Å². The van der Waals surface area contributed by atoms with E-state index in [0.29, 0.717) is 13.1 Å². The van der Waals surface area contributed by atoms with Crippen molar-refractivity contribution in [2.75, 3.05) is 20.1 Å². The Morgan fingerprint density at radius 3 is 2.15 bits per heavy atom. The normalized spacial score (nSPS) is 20.8. The van der Waals surface area contributed by atoms with Gasteiger partial charge in [-0.1, -0.05) is 20.8 Å². The van der Waals surface area contributed by atoms with Gasteiger partial charge < -0.3 is 14.9 Å². The molecule has 0 bridgehead atoms. The zero-order chi connectivity index (χ0) is 15.9. The SMILES string of the molecule is CN1CCN(C(=O)C(C(=O)O)C(C)(C)C)C(C)(C)C1=O. The molecule has 1 heterocycles. The molecule has 2 amide bonds. The first-order valence-corrected chi connectivity index (χ1v) is 6.70. The zero-order valence-corrected chi connectivity index (χ0v) is 13.1. The van der Waals surface area contributed by atoms with Gasteiger partial charge in [0.25, 0.3) is 0 Å². The van der Waals surface area contributed by atoms with Crippen molar-refractivity contribution in [2.24, 2.45) is 11.3 Å². The topological polar surface area (TPSA) is 77.9 Å². The Bertz CT molecular complexity index is 437. The number of hydrogen-bond donors (Lipinski definition) is 1. The Morgan fingerprint density at radius 2 is 1.75 bits per heavy atom. The largest absolute Gasteiger partial charge is 0.481 e. The Morgan fingerprint density at radius 1 is 1.25 bits per heavy atom. The summed E-state index contributed by atoms with van der Waals surface area (Å²) >= 11 is 0. The summed E-state index contributed by atoms with van der Waals surface area (Å²) < 4.78 is 0. The molecule has 1 aliphatic heterocycles. The van der Waals surface area contributed by atoms with Crippen molar-refractivity contribution < 1.29 is 19.5 Å². The molecule has 1 N–H and O–H groups in total. The highest BCUT2D eigenvalue weighted by atomic mass is 16.4. The standard InChI is InChI=1S/C14H24N2O4/c1-13(2,3)9(11(18)19)10(17)16-8-7-15(6)12(20)14(16,4)5/h9H,7-8H2,1-6H3,(H,18,19). The Labute approximate surface area is 119 Å². The molecule has 0 spiro atoms. The maximum absolute atomic E-state index is 12.6. The molecule has 1 atom stereocenters. The number of carbonyl (C=O) groups is 3. The van der Waals surface area contributed by atoms with Gasteiger partial charge in [0.05, 0.1) is 0 Å². The van der Waals surface area contributed by atoms with E-state index >= 15 is 0 Å². The third-order valence-corrected chi connectivity index (χ3v) is 3.83. The molecule has 0 aromatic carbocycles. The van der Waals surface area contributed by atoms with Crippen LogP contribution in [-0.2, 0) is 14.4 Å². The molecule has 0 aromatic rings. The molecule has 114 valence electrons. The highest BCUT2D eigenvalue weighted by Gasteiger charge is 2.48. The number of carbonyl (C=O) groups excluding carboxylic acids is 2. The second-order valence-corrected chi connectivity index (χ2v) is 6.91. The molecule has 6 heteroatoms. The van der Waals surface area contributed by atoms with Crippen molar-refractivity contribution in [1.82, 2.24) is 9.80 Å². The molecule has 0 saturated carbocycles. The number of carboxylic acids is 1. The number of piperazine rings is 1. The highest BCUT2D eigenvalue weighted by Crippen LogP contribution is 2.32. The first-order chi connectivity index (χ1) is 8.90. The molecular weight excluding hydrogens is 260 g/mol. The van der Waals surface area contributed by atoms with Crippen molar-refractivity contribution in [1.29, 1.82) is 0 Å². The predicted octanol–water partition coefficient (Wildman–Crippen LogP) is 0.812. The molecule has 6 nitrogen and oxygen atoms in total. The Balaban J connectivity index is 3.13. The number of carboxylic acid groups (broad SMARTS) is 1. The van der Waals surface area contributed by atoms with E-state index in [2.05, 4.69) is 0 Å². The molecule has 0 radical (unpaired) electrons. The molecule has 1 rings (SSSR count). The van der Waals surface area contributed by atoms with Crippen LogP contribution in [0.2, 0.25) is 0 Å². The minimum Gasteiger partial charge on any atom is -0.481 e. The smallest absolute Gasteiger partial charge is 0.316 e. The number of aliphatic carboxylic acids is 1. The highest BCUT2D eigenvalue weighted by molar-refractivity contribution is 6.01. The maximum Gasteiger partial charge on any atom is 0.316 e. The fraction of sp³-hybridized carbons (Fsp3) is 0.786. The summed E-state index contributed by atoms with van der Waals surface area (Å²) in [4.78, 5) is 39.2. The number of amides is 2. The Hall–Kier alpha value is -1.59. The van der Waals surface area contributed by atoms with Crippen molar-refractivity contribution in [3.8, 4) is 0 Å². The molecule has 1 unspecified atom stereocenters. The number of hydrogen-bond acceptors (Lipinski definition) is 3. The van der Waals surface area contributed by atoms with E-state index in [1.165, 1.54) is 4.90 Å². The van der Waals surface area contributed by atoms with Gasteiger partial charge in [-0.25, -0.2) is 0 Å². The fourth-order valence-corrected chi connectivity index (χ4v) is 2.60. The fourth-order valence-electron chi connectivity index (χ4n) is 2.60. The van der Waals surface area contributed by atoms with E-state index in [9.17, 15) is 19.5 Å². The lowest BCUT2D eigenvalue weighted by Gasteiger charge is -2.46. The minimum atomic E-state index is -1.15. The van der Waals surface area contributed by atoms with Gasteiger partial charge in [0.1, 0.15) is 11.5 Å². The summed E-state index contributed by atoms with van der Waals surface area (Å²) in [5, 5.41) is 9.36. The number of likely N-dealkylation sites (N-methyl/N-ethyl adjacent to an activating group) is 1. The maximum atomic E-state index is 12.6. The monoisotopic (exact) mass is 284 g/mol. The van der Waals surface area contributed by atoms with Crippen molar-refractivity contribution in [2.45, 2.75) is 40.2 Å². The van der Waals surface area contributed by atoms with Crippen LogP contribution in [0.5, 0.6) is 0 Å². The van der Waals surface area contributed by atoms with Crippen LogP contribution in [-0.4, -0.2) is 58.4 Å². The summed E-state index contributed by atoms with van der Waals surface area (Å²) in [6.45, 7) is 9.24. The third kappa shape index (κ3) is 2.78. The van der Waals surface area contributed by atoms with Gasteiger partial charge >= 0.3 is 5.97 Å². The molecule has 20 heavy (non-hydrogen) atoms. The van der Waals surface area contributed by atoms with Gasteiger partial charge in [0.2, 0.25) is 11.8 Å². The molecular formula is C14H24N2O4. The molecule has 0 aliphatic carbocycles. The zero-order valence-electron chi connectivity index (χ0n) is 13.1. The lowest BCUT2D eigenvalue weighted by Crippen LogP contribution is -2.65. The van der Waals surface area contributed by atoms with Gasteiger partial charge in [-0.05, 0) is 19.3 Å². The predicted molar refractivity (Wildman–Crippen MR) is 74.0 cm³/mol. The van der Waals surface area contributed by atoms with Crippen LogP contribution in [0.25, 0.3) is 0 Å². The molecule has 1 saturated heterocycles. The van der Waals surface area contributed by atoms with Crippen LogP contribution in [0.1, 0.15) is 34.6 Å². The van der Waals surface area contributed by atoms with E-state index in [0.717, 1.165) is 0 Å². The molecule has 0 aromatic heterocycles. The Kier molecular flexibility index (Phi) is 4.17. The van der Waals surface area contributed by atoms with E-state index in [-0.39, 0.29) is 5.91 Å². The summed E-state index contributed by atoms with van der Waals surface area (Å²) in [7, 11) is 1.68. The summed E-state index contributed by atoms with van der Waals surface area (Å²) in [6.07, 6.45) is 0. The van der Waals surface area contributed by atoms with E-state index in [4.69, 9.17) is 0 Å². The number of rotatable bonds is 2. The van der Waals surface area contributed by atoms with E-state index in [1.807, 2.05) is 0 Å². The molecule has 1 aliphatic rings.